The third kappa shape index (κ3) is 6.21. The summed E-state index contributed by atoms with van der Waals surface area (Å²) in [6.07, 6.45) is 1.11. The van der Waals surface area contributed by atoms with Gasteiger partial charge in [-0.25, -0.2) is 14.8 Å². The molecule has 0 radical (unpaired) electrons. The van der Waals surface area contributed by atoms with E-state index in [2.05, 4.69) is 22.5 Å². The van der Waals surface area contributed by atoms with E-state index in [1.54, 1.807) is 11.9 Å². The predicted octanol–water partition coefficient (Wildman–Crippen LogP) is 2.28. The Morgan fingerprint density at radius 3 is 2.90 bits per heavy atom. The third-order valence-electron chi connectivity index (χ3n) is 7.68. The molecule has 5 rings (SSSR count). The number of amides is 1. The first kappa shape index (κ1) is 27.4. The summed E-state index contributed by atoms with van der Waals surface area (Å²) in [5, 5.41) is 16.6. The highest BCUT2D eigenvalue weighted by Gasteiger charge is 2.50. The fraction of sp³-hybridized carbons (Fsp3) is 0.607. The molecule has 0 bridgehead atoms. The van der Waals surface area contributed by atoms with Crippen molar-refractivity contribution >= 4 is 17.7 Å². The number of aromatic nitrogens is 2. The van der Waals surface area contributed by atoms with E-state index in [0.29, 0.717) is 44.4 Å². The second-order valence-corrected chi connectivity index (χ2v) is 10.8. The monoisotopic (exact) mass is 540 g/mol. The van der Waals surface area contributed by atoms with Crippen molar-refractivity contribution in [3.63, 3.8) is 0 Å². The molecule has 2 aromatic rings. The van der Waals surface area contributed by atoms with E-state index in [1.165, 1.54) is 0 Å². The summed E-state index contributed by atoms with van der Waals surface area (Å²) in [7, 11) is 1.79. The number of carbonyl (C=O) groups excluding carboxylic acids is 1. The van der Waals surface area contributed by atoms with Crippen molar-refractivity contribution < 1.29 is 24.1 Å². The Labute approximate surface area is 229 Å². The maximum Gasteiger partial charge on any atom is 0.409 e. The van der Waals surface area contributed by atoms with Gasteiger partial charge < -0.3 is 39.8 Å². The smallest absolute Gasteiger partial charge is 0.409 e. The summed E-state index contributed by atoms with van der Waals surface area (Å²) in [6.45, 7) is 9.46. The first-order valence-electron chi connectivity index (χ1n) is 13.8. The molecule has 1 amide bonds. The lowest BCUT2D eigenvalue weighted by atomic mass is 9.79. The van der Waals surface area contributed by atoms with Gasteiger partial charge >= 0.3 is 6.09 Å². The van der Waals surface area contributed by atoms with Crippen LogP contribution in [0.4, 0.5) is 16.4 Å². The third-order valence-corrected chi connectivity index (χ3v) is 7.68. The Morgan fingerprint density at radius 1 is 1.31 bits per heavy atom. The van der Waals surface area contributed by atoms with Crippen LogP contribution >= 0.6 is 0 Å². The number of anilines is 2. The summed E-state index contributed by atoms with van der Waals surface area (Å²) >= 11 is 0. The van der Waals surface area contributed by atoms with E-state index in [9.17, 15) is 9.90 Å². The highest BCUT2D eigenvalue weighted by Crippen LogP contribution is 2.42. The van der Waals surface area contributed by atoms with Gasteiger partial charge in [0, 0.05) is 55.9 Å². The predicted molar refractivity (Wildman–Crippen MR) is 148 cm³/mol. The van der Waals surface area contributed by atoms with Crippen LogP contribution in [0.2, 0.25) is 0 Å². The number of nitrogens with zero attached hydrogens (tertiary/aromatic N) is 4. The van der Waals surface area contributed by atoms with Crippen molar-refractivity contribution in [3.8, 4) is 17.1 Å². The van der Waals surface area contributed by atoms with Crippen molar-refractivity contribution in [1.82, 2.24) is 20.2 Å². The Balaban J connectivity index is 1.38. The zero-order chi connectivity index (χ0) is 27.4. The molecule has 0 aliphatic carbocycles. The van der Waals surface area contributed by atoms with Crippen LogP contribution in [-0.4, -0.2) is 104 Å². The molecule has 4 heterocycles. The standard InChI is InChI=1S/C28H40N6O5/c1-4-38-27(36)34-17-28(18-34)9-10-33(16-28)26-19(2)24(30-21-8-11-37-14-21)31-25(32-26)20-6-5-7-23(12-20)39-15-22(35)13-29-3/h5-7,12,21-22,29,35H,4,8-11,13-18H2,1-3H3,(H,30,31,32)/t21-,22?/m1/s1. The van der Waals surface area contributed by atoms with Crippen molar-refractivity contribution in [3.05, 3.63) is 29.8 Å². The zero-order valence-corrected chi connectivity index (χ0v) is 23.1. The zero-order valence-electron chi connectivity index (χ0n) is 23.1. The molecule has 3 aliphatic rings. The molecule has 0 saturated carbocycles. The Hall–Kier alpha value is -3.15. The fourth-order valence-electron chi connectivity index (χ4n) is 5.62. The van der Waals surface area contributed by atoms with E-state index >= 15 is 0 Å². The van der Waals surface area contributed by atoms with Gasteiger partial charge in [-0.3, -0.25) is 0 Å². The summed E-state index contributed by atoms with van der Waals surface area (Å²) < 4.78 is 16.6. The number of ether oxygens (including phenoxy) is 3. The molecule has 1 unspecified atom stereocenters. The molecule has 39 heavy (non-hydrogen) atoms. The van der Waals surface area contributed by atoms with Crippen LogP contribution in [0.15, 0.2) is 24.3 Å². The lowest BCUT2D eigenvalue weighted by Gasteiger charge is -2.47. The second kappa shape index (κ2) is 11.9. The van der Waals surface area contributed by atoms with E-state index in [1.807, 2.05) is 31.2 Å². The number of carbonyl (C=O) groups is 1. The Morgan fingerprint density at radius 2 is 2.15 bits per heavy atom. The second-order valence-electron chi connectivity index (χ2n) is 10.8. The highest BCUT2D eigenvalue weighted by atomic mass is 16.6. The molecule has 1 aromatic carbocycles. The number of aliphatic hydroxyl groups excluding tert-OH is 1. The number of hydrogen-bond acceptors (Lipinski definition) is 10. The average Bonchev–Trinajstić information content (AvgIpc) is 3.59. The molecular formula is C28H40N6O5. The molecule has 1 aromatic heterocycles. The molecule has 212 valence electrons. The first-order valence-corrected chi connectivity index (χ1v) is 13.8. The van der Waals surface area contributed by atoms with Gasteiger partial charge in [0.25, 0.3) is 0 Å². The minimum atomic E-state index is -0.598. The Bertz CT molecular complexity index is 1150. The van der Waals surface area contributed by atoms with Crippen molar-refractivity contribution in [2.45, 2.75) is 38.8 Å². The fourth-order valence-corrected chi connectivity index (χ4v) is 5.62. The van der Waals surface area contributed by atoms with Crippen LogP contribution in [0.25, 0.3) is 11.4 Å². The van der Waals surface area contributed by atoms with Crippen molar-refractivity contribution in [2.75, 3.05) is 76.4 Å². The van der Waals surface area contributed by atoms with Gasteiger partial charge in [-0.1, -0.05) is 12.1 Å². The van der Waals surface area contributed by atoms with Gasteiger partial charge in [0.05, 0.1) is 19.3 Å². The SMILES string of the molecule is CCOC(=O)N1CC2(CCN(c3nc(-c4cccc(OCC(O)CNC)c4)nc(N[C@@H]4CCOC4)c3C)C2)C1. The number of rotatable bonds is 10. The van der Waals surface area contributed by atoms with Crippen molar-refractivity contribution in [2.24, 2.45) is 5.41 Å². The molecule has 2 atom stereocenters. The van der Waals surface area contributed by atoms with E-state index in [0.717, 1.165) is 55.3 Å². The number of hydrogen-bond donors (Lipinski definition) is 3. The summed E-state index contributed by atoms with van der Waals surface area (Å²) in [6, 6.07) is 7.88. The minimum absolute atomic E-state index is 0.0686. The molecule has 3 fully saturated rings. The van der Waals surface area contributed by atoms with Crippen LogP contribution in [0.5, 0.6) is 5.75 Å². The Kier molecular flexibility index (Phi) is 8.39. The van der Waals surface area contributed by atoms with Crippen LogP contribution in [0.3, 0.4) is 0 Å². The van der Waals surface area contributed by atoms with Gasteiger partial charge in [0.15, 0.2) is 5.82 Å². The van der Waals surface area contributed by atoms with Crippen molar-refractivity contribution in [1.29, 1.82) is 0 Å². The van der Waals surface area contributed by atoms with Gasteiger partial charge in [0.1, 0.15) is 30.1 Å². The molecule has 3 saturated heterocycles. The summed E-state index contributed by atoms with van der Waals surface area (Å²) in [4.78, 5) is 26.3. The van der Waals surface area contributed by atoms with Crippen LogP contribution in [0.1, 0.15) is 25.3 Å². The quantitative estimate of drug-likeness (QED) is 0.414. The van der Waals surface area contributed by atoms with E-state index in [-0.39, 0.29) is 24.2 Å². The lowest BCUT2D eigenvalue weighted by Crippen LogP contribution is -2.59. The molecule has 11 heteroatoms. The van der Waals surface area contributed by atoms with Crippen LogP contribution in [-0.2, 0) is 9.47 Å². The number of likely N-dealkylation sites (N-methyl/N-ethyl adjacent to an activating group) is 1. The minimum Gasteiger partial charge on any atom is -0.491 e. The molecular weight excluding hydrogens is 500 g/mol. The van der Waals surface area contributed by atoms with Gasteiger partial charge in [0.2, 0.25) is 0 Å². The summed E-state index contributed by atoms with van der Waals surface area (Å²) in [5.74, 6) is 2.98. The lowest BCUT2D eigenvalue weighted by molar-refractivity contribution is 0.0106. The average molecular weight is 541 g/mol. The molecule has 11 nitrogen and oxygen atoms in total. The van der Waals surface area contributed by atoms with E-state index in [4.69, 9.17) is 24.2 Å². The number of nitrogens with one attached hydrogen (secondary N) is 2. The highest BCUT2D eigenvalue weighted by molar-refractivity contribution is 5.70. The summed E-state index contributed by atoms with van der Waals surface area (Å²) in [5.41, 5.74) is 1.92. The normalized spacial score (nSPS) is 20.7. The number of likely N-dealkylation sites (tertiary alicyclic amines) is 1. The maximum atomic E-state index is 12.1. The van der Waals surface area contributed by atoms with Gasteiger partial charge in [-0.15, -0.1) is 0 Å². The largest absolute Gasteiger partial charge is 0.491 e. The number of aliphatic hydroxyl groups is 1. The topological polar surface area (TPSA) is 121 Å². The van der Waals surface area contributed by atoms with Gasteiger partial charge in [-0.2, -0.15) is 0 Å². The van der Waals surface area contributed by atoms with Crippen LogP contribution in [0, 0.1) is 12.3 Å². The van der Waals surface area contributed by atoms with E-state index < -0.39 is 6.10 Å². The molecule has 3 aliphatic heterocycles. The van der Waals surface area contributed by atoms with Crippen LogP contribution < -0.4 is 20.3 Å². The number of benzene rings is 1. The first-order chi connectivity index (χ1) is 18.9. The molecule has 1 spiro atoms. The van der Waals surface area contributed by atoms with Gasteiger partial charge in [-0.05, 0) is 45.9 Å². The molecule has 3 N–H and O–H groups in total. The maximum absolute atomic E-state index is 12.1.